The van der Waals surface area contributed by atoms with Crippen LogP contribution in [0, 0.1) is 12.7 Å². The fourth-order valence-electron chi connectivity index (χ4n) is 8.54. The van der Waals surface area contributed by atoms with Crippen molar-refractivity contribution >= 4 is 60.3 Å². The van der Waals surface area contributed by atoms with E-state index in [0.717, 1.165) is 47.9 Å². The molecular formula is C49H50F4N6O6S3. The van der Waals surface area contributed by atoms with Crippen LogP contribution in [0.25, 0.3) is 22.4 Å². The Kier molecular flexibility index (Phi) is 14.2. The van der Waals surface area contributed by atoms with E-state index in [2.05, 4.69) is 24.7 Å². The van der Waals surface area contributed by atoms with Crippen molar-refractivity contribution in [2.75, 3.05) is 71.4 Å². The van der Waals surface area contributed by atoms with Crippen LogP contribution < -0.4 is 19.8 Å². The van der Waals surface area contributed by atoms with Crippen LogP contribution in [-0.2, 0) is 26.9 Å². The normalized spacial score (nSPS) is 15.2. The Bertz CT molecular complexity index is 3000. The summed E-state index contributed by atoms with van der Waals surface area (Å²) in [6.45, 7) is 6.57. The number of alkyl halides is 3. The van der Waals surface area contributed by atoms with Gasteiger partial charge in [-0.05, 0) is 135 Å². The maximum absolute atomic E-state index is 14.2. The largest absolute Gasteiger partial charge is 0.501 e. The Hall–Kier alpha value is -6.02. The Morgan fingerprint density at radius 1 is 0.779 bits per heavy atom. The van der Waals surface area contributed by atoms with E-state index in [9.17, 15) is 44.3 Å². The van der Waals surface area contributed by atoms with Crippen molar-refractivity contribution in [2.45, 2.75) is 46.0 Å². The summed E-state index contributed by atoms with van der Waals surface area (Å²) in [4.78, 5) is 18.2. The third-order valence-electron chi connectivity index (χ3n) is 12.4. The lowest BCUT2D eigenvalue weighted by Crippen LogP contribution is -2.46. The zero-order valence-corrected chi connectivity index (χ0v) is 39.7. The van der Waals surface area contributed by atoms with E-state index < -0.39 is 53.0 Å². The first-order valence-electron chi connectivity index (χ1n) is 21.9. The molecule has 68 heavy (non-hydrogen) atoms. The van der Waals surface area contributed by atoms with Crippen molar-refractivity contribution in [1.82, 2.24) is 9.47 Å². The molecule has 5 aromatic carbocycles. The van der Waals surface area contributed by atoms with Gasteiger partial charge in [-0.25, -0.2) is 26.0 Å². The fraction of sp³-hybridized carbons (Fsp3) is 0.286. The van der Waals surface area contributed by atoms with Gasteiger partial charge in [0.15, 0.2) is 0 Å². The first-order chi connectivity index (χ1) is 32.4. The van der Waals surface area contributed by atoms with Crippen LogP contribution in [0.5, 0.6) is 0 Å². The molecule has 2 fully saturated rings. The number of carboxylic acids is 1. The number of benzene rings is 5. The molecule has 3 heterocycles. The molecule has 2 aliphatic heterocycles. The Labute approximate surface area is 397 Å². The van der Waals surface area contributed by atoms with E-state index in [-0.39, 0.29) is 16.9 Å². The molecule has 0 radical (unpaired) electrons. The van der Waals surface area contributed by atoms with Gasteiger partial charge in [-0.15, -0.1) is 11.8 Å². The third kappa shape index (κ3) is 10.5. The van der Waals surface area contributed by atoms with E-state index in [0.29, 0.717) is 79.0 Å². The second-order valence-electron chi connectivity index (χ2n) is 16.8. The molecule has 6 aromatic rings. The molecule has 0 aliphatic carbocycles. The zero-order chi connectivity index (χ0) is 48.4. The molecule has 0 unspecified atom stereocenters. The molecule has 12 nitrogen and oxygen atoms in total. The van der Waals surface area contributed by atoms with Crippen LogP contribution >= 0.6 is 11.8 Å². The first-order valence-corrected chi connectivity index (χ1v) is 25.9. The van der Waals surface area contributed by atoms with E-state index >= 15 is 0 Å². The van der Waals surface area contributed by atoms with Crippen LogP contribution in [0.4, 0.5) is 40.3 Å². The van der Waals surface area contributed by atoms with Gasteiger partial charge >= 0.3 is 11.5 Å². The number of piperazine rings is 1. The summed E-state index contributed by atoms with van der Waals surface area (Å²) in [6, 6.07) is 31.8. The Morgan fingerprint density at radius 2 is 1.44 bits per heavy atom. The molecular weight excluding hydrogens is 941 g/mol. The molecule has 358 valence electrons. The molecule has 0 saturated carbocycles. The number of nitrogens with zero attached hydrogens (tertiary/aromatic N) is 4. The second kappa shape index (κ2) is 19.9. The highest BCUT2D eigenvalue weighted by Crippen LogP contribution is 2.41. The molecule has 0 amide bonds. The van der Waals surface area contributed by atoms with Crippen molar-refractivity contribution in [1.29, 1.82) is 0 Å². The molecule has 2 aliphatic rings. The van der Waals surface area contributed by atoms with Crippen molar-refractivity contribution in [2.24, 2.45) is 7.05 Å². The lowest BCUT2D eigenvalue weighted by Gasteiger charge is -2.37. The molecule has 2 saturated heterocycles. The number of carboxylic acid groups (broad SMARTS) is 1. The van der Waals surface area contributed by atoms with Crippen molar-refractivity contribution in [3.8, 4) is 22.4 Å². The number of hydrogen-bond acceptors (Lipinski definition) is 10. The van der Waals surface area contributed by atoms with Gasteiger partial charge in [0.2, 0.25) is 0 Å². The summed E-state index contributed by atoms with van der Waals surface area (Å²) in [5, 5.41) is 13.3. The fourth-order valence-corrected chi connectivity index (χ4v) is 11.6. The predicted octanol–water partition coefficient (Wildman–Crippen LogP) is 9.59. The standard InChI is InChI=1S/C49H50F4N6O6S3/c1-33-45(48(60)61)46(47(56(33)2)34-12-14-36(50)15-13-34)35-8-6-9-40(30-35)59-28-26-58(27-29-59)39-18-16-37(17-19-39)55-68(64,65)42-20-21-43(44(31-42)67(62,63)49(51,52)53)54-38(22-25-57-23-7-24-57)32-66-41-10-4-3-5-11-41/h3-6,8-21,30-31,38,54-55H,7,22-29,32H2,1-2H3,(H,60,61)/t38-/m1/s1. The number of likely N-dealkylation sites (tertiary alicyclic amines) is 1. The van der Waals surface area contributed by atoms with Gasteiger partial charge in [-0.1, -0.05) is 30.3 Å². The number of aromatic carboxylic acids is 1. The summed E-state index contributed by atoms with van der Waals surface area (Å²) in [7, 11) is -8.77. The first kappa shape index (κ1) is 48.4. The van der Waals surface area contributed by atoms with Gasteiger partial charge in [0.1, 0.15) is 10.7 Å². The molecule has 1 aromatic heterocycles. The summed E-state index contributed by atoms with van der Waals surface area (Å²) < 4.78 is 114. The number of hydrogen-bond donors (Lipinski definition) is 3. The Morgan fingerprint density at radius 3 is 2.06 bits per heavy atom. The molecule has 8 rings (SSSR count). The van der Waals surface area contributed by atoms with E-state index in [4.69, 9.17) is 0 Å². The highest BCUT2D eigenvalue weighted by molar-refractivity contribution is 7.99. The molecule has 1 atom stereocenters. The van der Waals surface area contributed by atoms with Crippen molar-refractivity contribution < 1.29 is 44.3 Å². The van der Waals surface area contributed by atoms with Crippen molar-refractivity contribution in [3.05, 3.63) is 138 Å². The van der Waals surface area contributed by atoms with E-state index in [1.165, 1.54) is 36.0 Å². The molecule has 0 bridgehead atoms. The number of halogens is 4. The minimum atomic E-state index is -5.99. The number of sulfone groups is 1. The van der Waals surface area contributed by atoms with Gasteiger partial charge in [0.25, 0.3) is 19.9 Å². The number of sulfonamides is 1. The molecule has 19 heteroatoms. The maximum Gasteiger partial charge on any atom is 0.501 e. The number of carbonyl (C=O) groups is 1. The molecule has 3 N–H and O–H groups in total. The number of aromatic nitrogens is 1. The average Bonchev–Trinajstić information content (AvgIpc) is 3.57. The third-order valence-corrected chi connectivity index (χ3v) is 16.5. The maximum atomic E-state index is 14.2. The van der Waals surface area contributed by atoms with Crippen LogP contribution in [0.1, 0.15) is 28.9 Å². The monoisotopic (exact) mass is 990 g/mol. The number of thioether (sulfide) groups is 1. The van der Waals surface area contributed by atoms with Gasteiger partial charge in [0, 0.05) is 84.8 Å². The number of rotatable bonds is 17. The number of anilines is 4. The minimum absolute atomic E-state index is 0.118. The van der Waals surface area contributed by atoms with Gasteiger partial charge in [0.05, 0.1) is 21.8 Å². The van der Waals surface area contributed by atoms with Gasteiger partial charge in [-0.2, -0.15) is 13.2 Å². The van der Waals surface area contributed by atoms with Crippen LogP contribution in [0.3, 0.4) is 0 Å². The zero-order valence-electron chi connectivity index (χ0n) is 37.2. The summed E-state index contributed by atoms with van der Waals surface area (Å²) in [5.41, 5.74) is -0.953. The predicted molar refractivity (Wildman–Crippen MR) is 260 cm³/mol. The van der Waals surface area contributed by atoms with Gasteiger partial charge < -0.3 is 29.7 Å². The Balaban J connectivity index is 0.960. The van der Waals surface area contributed by atoms with Crippen LogP contribution in [-0.4, -0.2) is 100 Å². The summed E-state index contributed by atoms with van der Waals surface area (Å²) in [5.74, 6) is -1.06. The minimum Gasteiger partial charge on any atom is -0.478 e. The average molecular weight is 991 g/mol. The second-order valence-corrected chi connectivity index (χ2v) is 21.5. The smallest absolute Gasteiger partial charge is 0.478 e. The van der Waals surface area contributed by atoms with E-state index in [1.807, 2.05) is 59.2 Å². The summed E-state index contributed by atoms with van der Waals surface area (Å²) >= 11 is 1.48. The highest BCUT2D eigenvalue weighted by atomic mass is 32.2. The lowest BCUT2D eigenvalue weighted by atomic mass is 9.96. The van der Waals surface area contributed by atoms with Crippen LogP contribution in [0.2, 0.25) is 0 Å². The number of nitrogens with one attached hydrogen (secondary N) is 2. The topological polar surface area (TPSA) is 144 Å². The molecule has 0 spiro atoms. The van der Waals surface area contributed by atoms with E-state index in [1.54, 1.807) is 38.2 Å². The van der Waals surface area contributed by atoms with Crippen LogP contribution in [0.15, 0.2) is 136 Å². The highest BCUT2D eigenvalue weighted by Gasteiger charge is 2.48. The SMILES string of the molecule is Cc1c(C(=O)O)c(-c2cccc(N3CCN(c4ccc(NS(=O)(=O)c5ccc(N[C@H](CCN6CCC6)CSc6ccccc6)c(S(=O)(=O)C(F)(F)F)c5)cc4)CC3)c2)c(-c2ccc(F)cc2)n1C. The summed E-state index contributed by atoms with van der Waals surface area (Å²) in [6.07, 6.45) is 1.56. The lowest BCUT2D eigenvalue weighted by molar-refractivity contribution is -0.0435. The van der Waals surface area contributed by atoms with Crippen molar-refractivity contribution in [3.63, 3.8) is 0 Å². The quantitative estimate of drug-likeness (QED) is 0.0594. The van der Waals surface area contributed by atoms with Gasteiger partial charge in [-0.3, -0.25) is 4.72 Å².